The molecule has 0 amide bonds. The number of anilines is 3. The zero-order valence-corrected chi connectivity index (χ0v) is 17.8. The number of aromatic nitrogens is 2. The maximum Gasteiger partial charge on any atom is 0.353 e. The molecule has 0 bridgehead atoms. The minimum Gasteiger partial charge on any atom is -0.368 e. The van der Waals surface area contributed by atoms with Crippen molar-refractivity contribution < 1.29 is 4.92 Å². The van der Waals surface area contributed by atoms with Gasteiger partial charge < -0.3 is 15.1 Å². The molecule has 30 heavy (non-hydrogen) atoms. The molecule has 1 aromatic carbocycles. The number of nitrogens with one attached hydrogen (secondary N) is 1. The van der Waals surface area contributed by atoms with Crippen molar-refractivity contribution in [1.29, 1.82) is 0 Å². The lowest BCUT2D eigenvalue weighted by molar-refractivity contribution is -0.383. The number of benzene rings is 1. The number of thiophene rings is 1. The lowest BCUT2D eigenvalue weighted by Gasteiger charge is -2.36. The Kier molecular flexibility index (Phi) is 6.29. The van der Waals surface area contributed by atoms with Crippen LogP contribution >= 0.6 is 22.9 Å². The van der Waals surface area contributed by atoms with Gasteiger partial charge in [0.25, 0.3) is 0 Å². The standard InChI is InChI=1S/C20H21ClN6O2S/c21-15-3-1-4-16(13-15)25-8-10-26(11-9-25)20-18(27(28)29)19(23-14-24-20)22-7-6-17-5-2-12-30-17/h1-5,12-14H,6-11H2,(H,22,23,24). The normalized spacial score (nSPS) is 14.0. The largest absolute Gasteiger partial charge is 0.368 e. The number of nitro groups is 1. The van der Waals surface area contributed by atoms with Crippen LogP contribution in [0, 0.1) is 10.1 Å². The average Bonchev–Trinajstić information content (AvgIpc) is 3.27. The molecule has 0 unspecified atom stereocenters. The smallest absolute Gasteiger partial charge is 0.353 e. The maximum absolute atomic E-state index is 11.8. The third-order valence-corrected chi connectivity index (χ3v) is 6.15. The molecule has 0 aliphatic carbocycles. The molecule has 0 radical (unpaired) electrons. The number of piperazine rings is 1. The Bertz CT molecular complexity index is 1010. The summed E-state index contributed by atoms with van der Waals surface area (Å²) in [6.07, 6.45) is 2.17. The molecule has 3 heterocycles. The molecule has 2 aromatic heterocycles. The number of hydrogen-bond acceptors (Lipinski definition) is 8. The van der Waals surface area contributed by atoms with Crippen molar-refractivity contribution in [3.8, 4) is 0 Å². The summed E-state index contributed by atoms with van der Waals surface area (Å²) in [5.74, 6) is 0.623. The first kappa shape index (κ1) is 20.4. The van der Waals surface area contributed by atoms with E-state index in [1.165, 1.54) is 11.2 Å². The quantitative estimate of drug-likeness (QED) is 0.434. The monoisotopic (exact) mass is 444 g/mol. The second-order valence-electron chi connectivity index (χ2n) is 6.86. The van der Waals surface area contributed by atoms with Gasteiger partial charge in [0.1, 0.15) is 6.33 Å². The molecule has 0 atom stereocenters. The van der Waals surface area contributed by atoms with Gasteiger partial charge in [0, 0.05) is 48.3 Å². The molecule has 10 heteroatoms. The van der Waals surface area contributed by atoms with E-state index in [1.54, 1.807) is 11.3 Å². The summed E-state index contributed by atoms with van der Waals surface area (Å²) >= 11 is 7.77. The van der Waals surface area contributed by atoms with Gasteiger partial charge in [-0.05, 0) is 36.1 Å². The number of nitrogens with zero attached hydrogens (tertiary/aromatic N) is 5. The lowest BCUT2D eigenvalue weighted by Crippen LogP contribution is -2.47. The first-order chi connectivity index (χ1) is 14.6. The lowest BCUT2D eigenvalue weighted by atomic mass is 10.2. The minimum absolute atomic E-state index is 0.0696. The van der Waals surface area contributed by atoms with Crippen LogP contribution in [-0.2, 0) is 6.42 Å². The van der Waals surface area contributed by atoms with Crippen LogP contribution in [0.15, 0.2) is 48.1 Å². The molecule has 3 aromatic rings. The number of hydrogen-bond donors (Lipinski definition) is 1. The third kappa shape index (κ3) is 4.63. The maximum atomic E-state index is 11.8. The highest BCUT2D eigenvalue weighted by Gasteiger charge is 2.29. The number of rotatable bonds is 7. The van der Waals surface area contributed by atoms with Gasteiger partial charge >= 0.3 is 5.69 Å². The Labute approximate surface area is 183 Å². The van der Waals surface area contributed by atoms with Crippen molar-refractivity contribution in [3.63, 3.8) is 0 Å². The van der Waals surface area contributed by atoms with Crippen LogP contribution in [0.3, 0.4) is 0 Å². The van der Waals surface area contributed by atoms with Gasteiger partial charge in [-0.3, -0.25) is 10.1 Å². The van der Waals surface area contributed by atoms with Crippen LogP contribution in [0.1, 0.15) is 4.88 Å². The summed E-state index contributed by atoms with van der Waals surface area (Å²) in [4.78, 5) is 25.2. The zero-order valence-electron chi connectivity index (χ0n) is 16.2. The highest BCUT2D eigenvalue weighted by atomic mass is 35.5. The third-order valence-electron chi connectivity index (χ3n) is 4.98. The van der Waals surface area contributed by atoms with E-state index in [0.717, 1.165) is 25.2 Å². The summed E-state index contributed by atoms with van der Waals surface area (Å²) in [5.41, 5.74) is 0.982. The molecular formula is C20H21ClN6O2S. The highest BCUT2D eigenvalue weighted by molar-refractivity contribution is 7.09. The molecule has 1 N–H and O–H groups in total. The Balaban J connectivity index is 1.46. The second kappa shape index (κ2) is 9.27. The Morgan fingerprint density at radius 1 is 1.13 bits per heavy atom. The molecule has 1 fully saturated rings. The molecule has 4 rings (SSSR count). The molecule has 1 saturated heterocycles. The van der Waals surface area contributed by atoms with Crippen molar-refractivity contribution in [2.45, 2.75) is 6.42 Å². The van der Waals surface area contributed by atoms with Crippen LogP contribution in [0.25, 0.3) is 0 Å². The summed E-state index contributed by atoms with van der Waals surface area (Å²) in [6, 6.07) is 11.8. The Morgan fingerprint density at radius 2 is 1.93 bits per heavy atom. The van der Waals surface area contributed by atoms with Crippen LogP contribution in [0.2, 0.25) is 5.02 Å². The van der Waals surface area contributed by atoms with Crippen molar-refractivity contribution in [2.75, 3.05) is 47.8 Å². The molecule has 0 saturated carbocycles. The summed E-state index contributed by atoms with van der Waals surface area (Å²) in [5, 5.41) is 17.7. The van der Waals surface area contributed by atoms with E-state index in [-0.39, 0.29) is 11.5 Å². The summed E-state index contributed by atoms with van der Waals surface area (Å²) in [6.45, 7) is 3.27. The molecule has 0 spiro atoms. The van der Waals surface area contributed by atoms with Crippen molar-refractivity contribution in [1.82, 2.24) is 9.97 Å². The van der Waals surface area contributed by atoms with Crippen molar-refractivity contribution in [2.24, 2.45) is 0 Å². The number of halogens is 1. The molecule has 1 aliphatic rings. The van der Waals surface area contributed by atoms with Crippen molar-refractivity contribution in [3.05, 3.63) is 68.1 Å². The van der Waals surface area contributed by atoms with Gasteiger partial charge in [0.2, 0.25) is 11.6 Å². The van der Waals surface area contributed by atoms with E-state index in [2.05, 4.69) is 20.2 Å². The zero-order chi connectivity index (χ0) is 20.9. The fourth-order valence-corrected chi connectivity index (χ4v) is 4.40. The molecule has 156 valence electrons. The van der Waals surface area contributed by atoms with E-state index < -0.39 is 4.92 Å². The summed E-state index contributed by atoms with van der Waals surface area (Å²) in [7, 11) is 0. The SMILES string of the molecule is O=[N+]([O-])c1c(NCCc2cccs2)ncnc1N1CCN(c2cccc(Cl)c2)CC1. The van der Waals surface area contributed by atoms with Gasteiger partial charge in [-0.1, -0.05) is 23.7 Å². The Morgan fingerprint density at radius 3 is 2.63 bits per heavy atom. The molecule has 8 nitrogen and oxygen atoms in total. The van der Waals surface area contributed by atoms with Crippen molar-refractivity contribution >= 4 is 45.9 Å². The first-order valence-corrected chi connectivity index (χ1v) is 10.9. The fourth-order valence-electron chi connectivity index (χ4n) is 3.51. The van der Waals surface area contributed by atoms with E-state index in [0.29, 0.717) is 30.5 Å². The van der Waals surface area contributed by atoms with Gasteiger partial charge in [-0.2, -0.15) is 0 Å². The van der Waals surface area contributed by atoms with Crippen LogP contribution in [-0.4, -0.2) is 47.6 Å². The summed E-state index contributed by atoms with van der Waals surface area (Å²) < 4.78 is 0. The van der Waals surface area contributed by atoms with Gasteiger partial charge in [0.05, 0.1) is 4.92 Å². The second-order valence-corrected chi connectivity index (χ2v) is 8.33. The topological polar surface area (TPSA) is 87.4 Å². The molecular weight excluding hydrogens is 424 g/mol. The average molecular weight is 445 g/mol. The van der Waals surface area contributed by atoms with E-state index >= 15 is 0 Å². The van der Waals surface area contributed by atoms with Gasteiger partial charge in [-0.25, -0.2) is 9.97 Å². The van der Waals surface area contributed by atoms with Gasteiger partial charge in [0.15, 0.2) is 0 Å². The first-order valence-electron chi connectivity index (χ1n) is 9.63. The van der Waals surface area contributed by atoms with Crippen LogP contribution < -0.4 is 15.1 Å². The van der Waals surface area contributed by atoms with Crippen LogP contribution in [0.4, 0.5) is 23.0 Å². The highest BCUT2D eigenvalue weighted by Crippen LogP contribution is 2.33. The Hall–Kier alpha value is -2.91. The minimum atomic E-state index is -0.397. The molecule has 1 aliphatic heterocycles. The van der Waals surface area contributed by atoms with Gasteiger partial charge in [-0.15, -0.1) is 11.3 Å². The van der Waals surface area contributed by atoms with Crippen LogP contribution in [0.5, 0.6) is 0 Å². The van der Waals surface area contributed by atoms with E-state index in [4.69, 9.17) is 11.6 Å². The fraction of sp³-hybridized carbons (Fsp3) is 0.300. The van der Waals surface area contributed by atoms with E-state index in [1.807, 2.05) is 46.7 Å². The predicted molar refractivity (Wildman–Crippen MR) is 121 cm³/mol. The van der Waals surface area contributed by atoms with E-state index in [9.17, 15) is 10.1 Å². The predicted octanol–water partition coefficient (Wildman–Crippen LogP) is 4.08.